The van der Waals surface area contributed by atoms with E-state index in [1.54, 1.807) is 7.11 Å². The predicted molar refractivity (Wildman–Crippen MR) is 99.6 cm³/mol. The number of ether oxygens (including phenoxy) is 2. The lowest BCUT2D eigenvalue weighted by Gasteiger charge is -2.35. The molecule has 2 heterocycles. The zero-order valence-electron chi connectivity index (χ0n) is 16.2. The SMILES string of the molecule is COc1ccc(CCc2nnc(CCC(=O)N3C[C@@H](C)O[C@@H](C)C3)o2)cc1. The van der Waals surface area contributed by atoms with E-state index in [9.17, 15) is 4.79 Å². The summed E-state index contributed by atoms with van der Waals surface area (Å²) in [5.41, 5.74) is 1.18. The van der Waals surface area contributed by atoms with Crippen molar-refractivity contribution in [3.05, 3.63) is 41.6 Å². The Hall–Kier alpha value is -2.41. The number of aryl methyl sites for hydroxylation is 3. The molecule has 0 spiro atoms. The first kappa shape index (κ1) is 19.4. The van der Waals surface area contributed by atoms with Crippen LogP contribution in [0.3, 0.4) is 0 Å². The second kappa shape index (κ2) is 8.99. The lowest BCUT2D eigenvalue weighted by atomic mass is 10.1. The van der Waals surface area contributed by atoms with Gasteiger partial charge < -0.3 is 18.8 Å². The van der Waals surface area contributed by atoms with Crippen LogP contribution in [0.1, 0.15) is 37.6 Å². The fraction of sp³-hybridized carbons (Fsp3) is 0.550. The Bertz CT molecular complexity index is 734. The molecule has 1 amide bonds. The van der Waals surface area contributed by atoms with Crippen LogP contribution in [0.4, 0.5) is 0 Å². The molecule has 1 aliphatic rings. The van der Waals surface area contributed by atoms with Crippen LogP contribution in [0.25, 0.3) is 0 Å². The van der Waals surface area contributed by atoms with E-state index in [-0.39, 0.29) is 18.1 Å². The summed E-state index contributed by atoms with van der Waals surface area (Å²) < 4.78 is 16.5. The maximum absolute atomic E-state index is 12.4. The first-order chi connectivity index (χ1) is 13.0. The number of carbonyl (C=O) groups is 1. The van der Waals surface area contributed by atoms with Gasteiger partial charge in [0.25, 0.3) is 0 Å². The summed E-state index contributed by atoms with van der Waals surface area (Å²) in [7, 11) is 1.65. The quantitative estimate of drug-likeness (QED) is 0.742. The number of rotatable bonds is 7. The fourth-order valence-electron chi connectivity index (χ4n) is 3.29. The van der Waals surface area contributed by atoms with E-state index < -0.39 is 0 Å². The Balaban J connectivity index is 1.45. The van der Waals surface area contributed by atoms with Gasteiger partial charge in [-0.15, -0.1) is 10.2 Å². The van der Waals surface area contributed by atoms with Crippen molar-refractivity contribution in [2.75, 3.05) is 20.2 Å². The molecule has 146 valence electrons. The second-order valence-electron chi connectivity index (χ2n) is 6.99. The maximum atomic E-state index is 12.4. The van der Waals surface area contributed by atoms with Gasteiger partial charge in [-0.3, -0.25) is 4.79 Å². The van der Waals surface area contributed by atoms with Crippen LogP contribution in [0.5, 0.6) is 5.75 Å². The van der Waals surface area contributed by atoms with Crippen molar-refractivity contribution in [3.63, 3.8) is 0 Å². The number of benzene rings is 1. The van der Waals surface area contributed by atoms with Crippen molar-refractivity contribution in [2.45, 2.75) is 51.7 Å². The van der Waals surface area contributed by atoms with Crippen molar-refractivity contribution >= 4 is 5.91 Å². The number of carbonyl (C=O) groups excluding carboxylic acids is 1. The fourth-order valence-corrected chi connectivity index (χ4v) is 3.29. The van der Waals surface area contributed by atoms with Crippen LogP contribution in [-0.4, -0.2) is 53.4 Å². The summed E-state index contributed by atoms with van der Waals surface area (Å²) in [5, 5.41) is 8.16. The van der Waals surface area contributed by atoms with Gasteiger partial charge in [0.1, 0.15) is 5.75 Å². The Labute approximate surface area is 159 Å². The highest BCUT2D eigenvalue weighted by atomic mass is 16.5. The van der Waals surface area contributed by atoms with Crippen molar-refractivity contribution in [3.8, 4) is 5.75 Å². The molecule has 0 saturated carbocycles. The Morgan fingerprint density at radius 2 is 1.70 bits per heavy atom. The van der Waals surface area contributed by atoms with E-state index >= 15 is 0 Å². The zero-order valence-corrected chi connectivity index (χ0v) is 16.2. The minimum Gasteiger partial charge on any atom is -0.497 e. The molecule has 2 aromatic rings. The van der Waals surface area contributed by atoms with Crippen LogP contribution >= 0.6 is 0 Å². The molecule has 3 rings (SSSR count). The van der Waals surface area contributed by atoms with E-state index in [0.717, 1.165) is 12.2 Å². The van der Waals surface area contributed by atoms with Gasteiger partial charge in [0.15, 0.2) is 0 Å². The van der Waals surface area contributed by atoms with E-state index in [2.05, 4.69) is 10.2 Å². The molecule has 1 aromatic heterocycles. The van der Waals surface area contributed by atoms with E-state index in [1.165, 1.54) is 5.56 Å². The molecule has 0 radical (unpaired) electrons. The third kappa shape index (κ3) is 5.53. The average molecular weight is 373 g/mol. The van der Waals surface area contributed by atoms with Gasteiger partial charge in [-0.1, -0.05) is 12.1 Å². The maximum Gasteiger partial charge on any atom is 0.223 e. The normalized spacial score (nSPS) is 19.9. The summed E-state index contributed by atoms with van der Waals surface area (Å²) in [6.07, 6.45) is 2.48. The lowest BCUT2D eigenvalue weighted by Crippen LogP contribution is -2.48. The van der Waals surface area contributed by atoms with Crippen LogP contribution in [0, 0.1) is 0 Å². The molecule has 0 unspecified atom stereocenters. The first-order valence-electron chi connectivity index (χ1n) is 9.41. The van der Waals surface area contributed by atoms with Gasteiger partial charge in [0, 0.05) is 32.4 Å². The molecular weight excluding hydrogens is 346 g/mol. The van der Waals surface area contributed by atoms with Crippen LogP contribution in [0.2, 0.25) is 0 Å². The minimum absolute atomic E-state index is 0.0747. The number of amides is 1. The molecule has 1 aromatic carbocycles. The molecule has 2 atom stereocenters. The molecule has 1 saturated heterocycles. The summed E-state index contributed by atoms with van der Waals surface area (Å²) >= 11 is 0. The number of aromatic nitrogens is 2. The number of hydrogen-bond donors (Lipinski definition) is 0. The van der Waals surface area contributed by atoms with Gasteiger partial charge in [-0.2, -0.15) is 0 Å². The van der Waals surface area contributed by atoms with Crippen molar-refractivity contribution < 1.29 is 18.7 Å². The number of hydrogen-bond acceptors (Lipinski definition) is 6. The van der Waals surface area contributed by atoms with Crippen LogP contribution in [0.15, 0.2) is 28.7 Å². The molecule has 7 nitrogen and oxygen atoms in total. The summed E-state index contributed by atoms with van der Waals surface area (Å²) in [6.45, 7) is 5.26. The molecule has 0 N–H and O–H groups in total. The summed E-state index contributed by atoms with van der Waals surface area (Å²) in [6, 6.07) is 7.93. The highest BCUT2D eigenvalue weighted by molar-refractivity contribution is 5.76. The van der Waals surface area contributed by atoms with Crippen LogP contribution < -0.4 is 4.74 Å². The number of morpholine rings is 1. The molecular formula is C20H27N3O4. The zero-order chi connectivity index (χ0) is 19.2. The molecule has 7 heteroatoms. The predicted octanol–water partition coefficient (Wildman–Crippen LogP) is 2.43. The lowest BCUT2D eigenvalue weighted by molar-refractivity contribution is -0.143. The molecule has 0 aliphatic carbocycles. The van der Waals surface area contributed by atoms with Gasteiger partial charge in [0.05, 0.1) is 19.3 Å². The number of nitrogens with zero attached hydrogens (tertiary/aromatic N) is 3. The van der Waals surface area contributed by atoms with E-state index in [4.69, 9.17) is 13.9 Å². The number of methoxy groups -OCH3 is 1. The average Bonchev–Trinajstić information content (AvgIpc) is 3.12. The molecule has 1 aliphatic heterocycles. The van der Waals surface area contributed by atoms with Gasteiger partial charge in [0.2, 0.25) is 17.7 Å². The third-order valence-electron chi connectivity index (χ3n) is 4.62. The van der Waals surface area contributed by atoms with Crippen molar-refractivity contribution in [1.29, 1.82) is 0 Å². The smallest absolute Gasteiger partial charge is 0.223 e. The molecule has 27 heavy (non-hydrogen) atoms. The Kier molecular flexibility index (Phi) is 6.45. The Morgan fingerprint density at radius 1 is 1.07 bits per heavy atom. The van der Waals surface area contributed by atoms with Gasteiger partial charge in [-0.25, -0.2) is 0 Å². The molecule has 1 fully saturated rings. The van der Waals surface area contributed by atoms with Gasteiger partial charge in [-0.05, 0) is 38.0 Å². The van der Waals surface area contributed by atoms with Crippen molar-refractivity contribution in [1.82, 2.24) is 15.1 Å². The first-order valence-corrected chi connectivity index (χ1v) is 9.41. The largest absolute Gasteiger partial charge is 0.497 e. The standard InChI is InChI=1S/C20H27N3O4/c1-14-12-23(13-15(2)26-14)20(24)11-10-19-22-21-18(27-19)9-6-16-4-7-17(25-3)8-5-16/h4-5,7-8,14-15H,6,9-13H2,1-3H3/t14-,15+. The molecule has 0 bridgehead atoms. The topological polar surface area (TPSA) is 77.7 Å². The van der Waals surface area contributed by atoms with Crippen molar-refractivity contribution in [2.24, 2.45) is 0 Å². The Morgan fingerprint density at radius 3 is 2.33 bits per heavy atom. The van der Waals surface area contributed by atoms with E-state index in [1.807, 2.05) is 43.0 Å². The van der Waals surface area contributed by atoms with E-state index in [0.29, 0.717) is 44.1 Å². The van der Waals surface area contributed by atoms with Crippen LogP contribution in [-0.2, 0) is 28.8 Å². The summed E-state index contributed by atoms with van der Waals surface area (Å²) in [4.78, 5) is 14.3. The third-order valence-corrected chi connectivity index (χ3v) is 4.62. The highest BCUT2D eigenvalue weighted by Gasteiger charge is 2.25. The monoisotopic (exact) mass is 373 g/mol. The minimum atomic E-state index is 0.0747. The van der Waals surface area contributed by atoms with Gasteiger partial charge >= 0.3 is 0 Å². The highest BCUT2D eigenvalue weighted by Crippen LogP contribution is 2.15. The summed E-state index contributed by atoms with van der Waals surface area (Å²) in [5.74, 6) is 2.06. The second-order valence-corrected chi connectivity index (χ2v) is 6.99.